The summed E-state index contributed by atoms with van der Waals surface area (Å²) in [5.41, 5.74) is 0. The topological polar surface area (TPSA) is 70.2 Å². The minimum atomic E-state index is -0.359. The Bertz CT molecular complexity index is 197. The van der Waals surface area contributed by atoms with Crippen LogP contribution in [0.2, 0.25) is 0 Å². The van der Waals surface area contributed by atoms with Gasteiger partial charge in [0.1, 0.15) is 0 Å². The molecule has 5 heteroatoms. The number of carbonyl (C=O) groups is 2. The normalized spacial score (nSPS) is 14.1. The first kappa shape index (κ1) is 13.9. The van der Waals surface area contributed by atoms with E-state index in [0.29, 0.717) is 13.1 Å². The molecule has 3 N–H and O–H groups in total. The minimum absolute atomic E-state index is 0.0892. The Morgan fingerprint density at radius 1 is 0.933 bits per heavy atom. The van der Waals surface area contributed by atoms with Crippen molar-refractivity contribution in [3.63, 3.8) is 0 Å². The van der Waals surface area contributed by atoms with Gasteiger partial charge in [-0.25, -0.2) is 0 Å². The third-order valence-electron chi connectivity index (χ3n) is 1.99. The van der Waals surface area contributed by atoms with Gasteiger partial charge in [0.15, 0.2) is 0 Å². The molecule has 2 atom stereocenters. The zero-order valence-corrected chi connectivity index (χ0v) is 9.89. The smallest absolute Gasteiger partial charge is 0.236 e. The number of likely N-dealkylation sites (N-methyl/N-ethyl adjacent to an activating group) is 2. The minimum Gasteiger partial charge on any atom is -0.355 e. The first-order chi connectivity index (χ1) is 7.02. The first-order valence-corrected chi connectivity index (χ1v) is 5.34. The van der Waals surface area contributed by atoms with Gasteiger partial charge in [0.2, 0.25) is 11.8 Å². The molecule has 0 spiro atoms. The fraction of sp³-hybridized carbons (Fsp3) is 0.800. The quantitative estimate of drug-likeness (QED) is 0.566. The van der Waals surface area contributed by atoms with Crippen LogP contribution in [0.4, 0.5) is 0 Å². The van der Waals surface area contributed by atoms with Crippen LogP contribution in [0.5, 0.6) is 0 Å². The molecule has 0 rings (SSSR count). The Labute approximate surface area is 91.0 Å². The van der Waals surface area contributed by atoms with Gasteiger partial charge in [-0.1, -0.05) is 0 Å². The highest BCUT2D eigenvalue weighted by atomic mass is 16.2. The molecule has 2 amide bonds. The van der Waals surface area contributed by atoms with E-state index >= 15 is 0 Å². The fourth-order valence-corrected chi connectivity index (χ4v) is 1.18. The third kappa shape index (κ3) is 5.37. The molecule has 5 nitrogen and oxygen atoms in total. The SMILES string of the molecule is CCNC(=O)C(C)NC(C)C(=O)NCC. The van der Waals surface area contributed by atoms with Crippen LogP contribution in [-0.2, 0) is 9.59 Å². The molecule has 0 aromatic rings. The van der Waals surface area contributed by atoms with Gasteiger partial charge < -0.3 is 10.6 Å². The van der Waals surface area contributed by atoms with Gasteiger partial charge in [0.05, 0.1) is 12.1 Å². The van der Waals surface area contributed by atoms with Crippen LogP contribution < -0.4 is 16.0 Å². The second-order valence-corrected chi connectivity index (χ2v) is 3.40. The van der Waals surface area contributed by atoms with Crippen molar-refractivity contribution in [3.05, 3.63) is 0 Å². The lowest BCUT2D eigenvalue weighted by atomic mass is 10.2. The average molecular weight is 215 g/mol. The summed E-state index contributed by atoms with van der Waals surface area (Å²) in [5.74, 6) is -0.178. The highest BCUT2D eigenvalue weighted by molar-refractivity contribution is 5.84. The van der Waals surface area contributed by atoms with Gasteiger partial charge in [0.25, 0.3) is 0 Å². The molecule has 0 aromatic heterocycles. The Morgan fingerprint density at radius 2 is 1.27 bits per heavy atom. The second-order valence-electron chi connectivity index (χ2n) is 3.40. The lowest BCUT2D eigenvalue weighted by Crippen LogP contribution is -2.51. The number of nitrogens with one attached hydrogen (secondary N) is 3. The lowest BCUT2D eigenvalue weighted by molar-refractivity contribution is -0.125. The summed E-state index contributed by atoms with van der Waals surface area (Å²) in [4.78, 5) is 22.7. The van der Waals surface area contributed by atoms with E-state index in [1.54, 1.807) is 13.8 Å². The number of hydrogen-bond donors (Lipinski definition) is 3. The predicted octanol–water partition coefficient (Wildman–Crippen LogP) is -0.375. The van der Waals surface area contributed by atoms with Crippen molar-refractivity contribution < 1.29 is 9.59 Å². The van der Waals surface area contributed by atoms with Crippen LogP contribution >= 0.6 is 0 Å². The maximum atomic E-state index is 11.4. The van der Waals surface area contributed by atoms with E-state index in [1.807, 2.05) is 13.8 Å². The molecular formula is C10H21N3O2. The number of carbonyl (C=O) groups excluding carboxylic acids is 2. The summed E-state index contributed by atoms with van der Waals surface area (Å²) in [6.07, 6.45) is 0. The van der Waals surface area contributed by atoms with Crippen molar-refractivity contribution in [1.82, 2.24) is 16.0 Å². The molecule has 2 unspecified atom stereocenters. The highest BCUT2D eigenvalue weighted by Crippen LogP contribution is 1.88. The Morgan fingerprint density at radius 3 is 1.53 bits per heavy atom. The van der Waals surface area contributed by atoms with Gasteiger partial charge >= 0.3 is 0 Å². The van der Waals surface area contributed by atoms with Crippen LogP contribution in [0.3, 0.4) is 0 Å². The molecule has 0 aromatic carbocycles. The lowest BCUT2D eigenvalue weighted by Gasteiger charge is -2.18. The largest absolute Gasteiger partial charge is 0.355 e. The van der Waals surface area contributed by atoms with Crippen LogP contribution in [0.25, 0.3) is 0 Å². The van der Waals surface area contributed by atoms with Gasteiger partial charge in [-0.2, -0.15) is 0 Å². The van der Waals surface area contributed by atoms with Crippen molar-refractivity contribution >= 4 is 11.8 Å². The van der Waals surface area contributed by atoms with Crippen molar-refractivity contribution in [3.8, 4) is 0 Å². The molecule has 0 aliphatic carbocycles. The van der Waals surface area contributed by atoms with E-state index in [2.05, 4.69) is 16.0 Å². The predicted molar refractivity (Wildman–Crippen MR) is 59.4 cm³/mol. The molecule has 0 saturated heterocycles. The van der Waals surface area contributed by atoms with Gasteiger partial charge in [-0.3, -0.25) is 14.9 Å². The molecular weight excluding hydrogens is 194 g/mol. The molecule has 0 heterocycles. The average Bonchev–Trinajstić information content (AvgIpc) is 2.18. The Hall–Kier alpha value is -1.10. The molecule has 0 saturated carbocycles. The van der Waals surface area contributed by atoms with E-state index in [4.69, 9.17) is 0 Å². The standard InChI is InChI=1S/C10H21N3O2/c1-5-11-9(14)7(3)13-8(4)10(15)12-6-2/h7-8,13H,5-6H2,1-4H3,(H,11,14)(H,12,15). The molecule has 0 aliphatic rings. The molecule has 0 bridgehead atoms. The van der Waals surface area contributed by atoms with E-state index in [0.717, 1.165) is 0 Å². The van der Waals surface area contributed by atoms with Gasteiger partial charge in [0, 0.05) is 13.1 Å². The Balaban J connectivity index is 3.99. The summed E-state index contributed by atoms with van der Waals surface area (Å²) < 4.78 is 0. The number of hydrogen-bond acceptors (Lipinski definition) is 3. The maximum Gasteiger partial charge on any atom is 0.236 e. The fourth-order valence-electron chi connectivity index (χ4n) is 1.18. The summed E-state index contributed by atoms with van der Waals surface area (Å²) in [7, 11) is 0. The van der Waals surface area contributed by atoms with Crippen LogP contribution in [0, 0.1) is 0 Å². The van der Waals surface area contributed by atoms with Gasteiger partial charge in [-0.15, -0.1) is 0 Å². The Kier molecular flexibility index (Phi) is 6.70. The number of amides is 2. The summed E-state index contributed by atoms with van der Waals surface area (Å²) in [6.45, 7) is 8.39. The molecule has 0 fully saturated rings. The monoisotopic (exact) mass is 215 g/mol. The van der Waals surface area contributed by atoms with Crippen molar-refractivity contribution in [1.29, 1.82) is 0 Å². The summed E-state index contributed by atoms with van der Waals surface area (Å²) in [5, 5.41) is 8.30. The molecule has 15 heavy (non-hydrogen) atoms. The molecule has 88 valence electrons. The van der Waals surface area contributed by atoms with E-state index in [-0.39, 0.29) is 23.9 Å². The first-order valence-electron chi connectivity index (χ1n) is 5.34. The van der Waals surface area contributed by atoms with Gasteiger partial charge in [-0.05, 0) is 27.7 Å². The summed E-state index contributed by atoms with van der Waals surface area (Å²) in [6, 6.07) is -0.717. The summed E-state index contributed by atoms with van der Waals surface area (Å²) >= 11 is 0. The molecule has 0 radical (unpaired) electrons. The van der Waals surface area contributed by atoms with Crippen molar-refractivity contribution in [2.45, 2.75) is 39.8 Å². The third-order valence-corrected chi connectivity index (χ3v) is 1.99. The highest BCUT2D eigenvalue weighted by Gasteiger charge is 2.18. The zero-order chi connectivity index (χ0) is 11.8. The maximum absolute atomic E-state index is 11.4. The van der Waals surface area contributed by atoms with Crippen LogP contribution in [0.1, 0.15) is 27.7 Å². The van der Waals surface area contributed by atoms with E-state index in [1.165, 1.54) is 0 Å². The van der Waals surface area contributed by atoms with Crippen LogP contribution in [-0.4, -0.2) is 37.0 Å². The zero-order valence-electron chi connectivity index (χ0n) is 9.89. The van der Waals surface area contributed by atoms with E-state index < -0.39 is 0 Å². The second kappa shape index (κ2) is 7.23. The van der Waals surface area contributed by atoms with E-state index in [9.17, 15) is 9.59 Å². The molecule has 0 aliphatic heterocycles. The number of rotatable bonds is 6. The van der Waals surface area contributed by atoms with Crippen molar-refractivity contribution in [2.24, 2.45) is 0 Å². The van der Waals surface area contributed by atoms with Crippen LogP contribution in [0.15, 0.2) is 0 Å². The van der Waals surface area contributed by atoms with Crippen molar-refractivity contribution in [2.75, 3.05) is 13.1 Å².